The predicted molar refractivity (Wildman–Crippen MR) is 106 cm³/mol. The number of halogens is 2. The van der Waals surface area contributed by atoms with Gasteiger partial charge in [0.25, 0.3) is 0 Å². The smallest absolute Gasteiger partial charge is 0.308 e. The van der Waals surface area contributed by atoms with Crippen molar-refractivity contribution >= 4 is 21.9 Å². The van der Waals surface area contributed by atoms with Crippen LogP contribution in [-0.4, -0.2) is 36.2 Å². The van der Waals surface area contributed by atoms with Gasteiger partial charge in [-0.15, -0.1) is 0 Å². The van der Waals surface area contributed by atoms with Crippen LogP contribution in [0, 0.1) is 11.7 Å². The molecular weight excluding hydrogens is 429 g/mol. The molecule has 2 aromatic rings. The zero-order chi connectivity index (χ0) is 20.1. The Hall–Kier alpha value is -2.06. The van der Waals surface area contributed by atoms with Crippen molar-refractivity contribution in [3.8, 4) is 17.1 Å². The molecule has 8 heteroatoms. The number of nitrogens with one attached hydrogen (secondary N) is 1. The van der Waals surface area contributed by atoms with Gasteiger partial charge in [0.15, 0.2) is 0 Å². The van der Waals surface area contributed by atoms with Crippen molar-refractivity contribution in [2.75, 3.05) is 14.2 Å². The molecule has 0 bridgehead atoms. The van der Waals surface area contributed by atoms with E-state index in [9.17, 15) is 9.18 Å². The lowest BCUT2D eigenvalue weighted by atomic mass is 9.86. The topological polar surface area (TPSA) is 73.3 Å². The van der Waals surface area contributed by atoms with Crippen LogP contribution >= 0.6 is 15.9 Å². The second-order valence-corrected chi connectivity index (χ2v) is 7.62. The van der Waals surface area contributed by atoms with Crippen LogP contribution in [0.1, 0.15) is 31.4 Å². The van der Waals surface area contributed by atoms with Crippen molar-refractivity contribution in [1.29, 1.82) is 0 Å². The van der Waals surface area contributed by atoms with Crippen molar-refractivity contribution in [2.45, 2.75) is 38.3 Å². The summed E-state index contributed by atoms with van der Waals surface area (Å²) in [5.74, 6) is -0.141. The van der Waals surface area contributed by atoms with E-state index in [-0.39, 0.29) is 17.7 Å². The Morgan fingerprint density at radius 2 is 2.04 bits per heavy atom. The molecule has 0 radical (unpaired) electrons. The number of methoxy groups -OCH3 is 2. The highest BCUT2D eigenvalue weighted by Crippen LogP contribution is 2.29. The summed E-state index contributed by atoms with van der Waals surface area (Å²) in [6.07, 6.45) is 4.98. The Balaban J connectivity index is 1.65. The van der Waals surface area contributed by atoms with Gasteiger partial charge in [-0.1, -0.05) is 6.07 Å². The highest BCUT2D eigenvalue weighted by atomic mass is 79.9. The number of carbonyl (C=O) groups is 1. The van der Waals surface area contributed by atoms with Gasteiger partial charge in [0.05, 0.1) is 36.5 Å². The van der Waals surface area contributed by atoms with E-state index < -0.39 is 0 Å². The highest BCUT2D eigenvalue weighted by molar-refractivity contribution is 9.10. The van der Waals surface area contributed by atoms with Crippen LogP contribution in [0.5, 0.6) is 5.88 Å². The van der Waals surface area contributed by atoms with E-state index in [1.165, 1.54) is 14.2 Å². The van der Waals surface area contributed by atoms with Gasteiger partial charge in [0, 0.05) is 18.2 Å². The fraction of sp³-hybridized carbons (Fsp3) is 0.450. The molecule has 0 amide bonds. The summed E-state index contributed by atoms with van der Waals surface area (Å²) in [6.45, 7) is 0.491. The van der Waals surface area contributed by atoms with Crippen molar-refractivity contribution in [3.63, 3.8) is 0 Å². The molecule has 1 saturated carbocycles. The largest absolute Gasteiger partial charge is 0.480 e. The first-order chi connectivity index (χ1) is 13.5. The van der Waals surface area contributed by atoms with Gasteiger partial charge >= 0.3 is 5.97 Å². The SMILES string of the molecule is COC(=O)C1CCC(NCc2ncc(-c3cccc(Br)c3F)nc2OC)CC1. The first kappa shape index (κ1) is 20.7. The van der Waals surface area contributed by atoms with E-state index in [0.717, 1.165) is 25.7 Å². The van der Waals surface area contributed by atoms with E-state index >= 15 is 0 Å². The van der Waals surface area contributed by atoms with Crippen LogP contribution < -0.4 is 10.1 Å². The fourth-order valence-corrected chi connectivity index (χ4v) is 3.82. The molecular formula is C20H23BrFN3O3. The summed E-state index contributed by atoms with van der Waals surface area (Å²) in [6, 6.07) is 5.34. The summed E-state index contributed by atoms with van der Waals surface area (Å²) in [5, 5.41) is 3.45. The molecule has 150 valence electrons. The number of rotatable bonds is 6. The van der Waals surface area contributed by atoms with Crippen molar-refractivity contribution in [2.24, 2.45) is 5.92 Å². The second-order valence-electron chi connectivity index (χ2n) is 6.77. The third-order valence-corrected chi connectivity index (χ3v) is 5.66. The Labute approximate surface area is 172 Å². The third-order valence-electron chi connectivity index (χ3n) is 5.05. The second kappa shape index (κ2) is 9.43. The number of hydrogen-bond acceptors (Lipinski definition) is 6. The molecule has 3 rings (SSSR count). The average Bonchev–Trinajstić information content (AvgIpc) is 2.74. The van der Waals surface area contributed by atoms with Crippen molar-refractivity contribution in [3.05, 3.63) is 40.4 Å². The van der Waals surface area contributed by atoms with Gasteiger partial charge in [-0.3, -0.25) is 9.78 Å². The molecule has 0 atom stereocenters. The lowest BCUT2D eigenvalue weighted by Crippen LogP contribution is -2.35. The summed E-state index contributed by atoms with van der Waals surface area (Å²) in [7, 11) is 2.96. The molecule has 0 saturated heterocycles. The minimum absolute atomic E-state index is 0.00301. The number of carbonyl (C=O) groups excluding carboxylic acids is 1. The maximum absolute atomic E-state index is 14.3. The van der Waals surface area contributed by atoms with Crippen molar-refractivity contribution < 1.29 is 18.7 Å². The standard InChI is InChI=1S/C20H23BrFN3O3/c1-27-19-17(11-23-13-8-6-12(7-9-13)20(26)28-2)24-10-16(25-19)14-4-3-5-15(21)18(14)22/h3-5,10,12-13,23H,6-9,11H2,1-2H3. The molecule has 1 heterocycles. The zero-order valence-corrected chi connectivity index (χ0v) is 17.5. The van der Waals surface area contributed by atoms with E-state index in [4.69, 9.17) is 9.47 Å². The fourth-order valence-electron chi connectivity index (χ4n) is 3.45. The van der Waals surface area contributed by atoms with Crippen LogP contribution in [0.4, 0.5) is 4.39 Å². The summed E-state index contributed by atoms with van der Waals surface area (Å²) in [4.78, 5) is 20.5. The molecule has 1 aliphatic carbocycles. The zero-order valence-electron chi connectivity index (χ0n) is 15.9. The summed E-state index contributed by atoms with van der Waals surface area (Å²) < 4.78 is 24.9. The maximum atomic E-state index is 14.3. The van der Waals surface area contributed by atoms with Gasteiger partial charge in [-0.2, -0.15) is 0 Å². The normalized spacial score (nSPS) is 19.3. The van der Waals surface area contributed by atoms with Crippen molar-refractivity contribution in [1.82, 2.24) is 15.3 Å². The summed E-state index contributed by atoms with van der Waals surface area (Å²) in [5.41, 5.74) is 1.44. The average molecular weight is 452 g/mol. The molecule has 1 aromatic carbocycles. The Kier molecular flexibility index (Phi) is 6.96. The lowest BCUT2D eigenvalue weighted by Gasteiger charge is -2.27. The van der Waals surface area contributed by atoms with Crippen LogP contribution in [0.2, 0.25) is 0 Å². The molecule has 28 heavy (non-hydrogen) atoms. The molecule has 1 fully saturated rings. The highest BCUT2D eigenvalue weighted by Gasteiger charge is 2.27. The number of ether oxygens (including phenoxy) is 2. The van der Waals surface area contributed by atoms with Gasteiger partial charge in [0.1, 0.15) is 11.5 Å². The van der Waals surface area contributed by atoms with E-state index in [1.807, 2.05) is 0 Å². The van der Waals surface area contributed by atoms with Gasteiger partial charge < -0.3 is 14.8 Å². The Morgan fingerprint density at radius 3 is 2.71 bits per heavy atom. The number of benzene rings is 1. The number of aromatic nitrogens is 2. The third kappa shape index (κ3) is 4.67. The van der Waals surface area contributed by atoms with E-state index in [1.54, 1.807) is 24.4 Å². The predicted octanol–water partition coefficient (Wildman–Crippen LogP) is 3.88. The minimum Gasteiger partial charge on any atom is -0.480 e. The van der Waals surface area contributed by atoms with Gasteiger partial charge in [0.2, 0.25) is 5.88 Å². The van der Waals surface area contributed by atoms with Gasteiger partial charge in [-0.05, 0) is 53.7 Å². The first-order valence-electron chi connectivity index (χ1n) is 9.19. The minimum atomic E-state index is -0.382. The lowest BCUT2D eigenvalue weighted by molar-refractivity contribution is -0.146. The molecule has 1 N–H and O–H groups in total. The molecule has 6 nitrogen and oxygen atoms in total. The number of nitrogens with zero attached hydrogens (tertiary/aromatic N) is 2. The van der Waals surface area contributed by atoms with E-state index in [2.05, 4.69) is 31.2 Å². The van der Waals surface area contributed by atoms with Crippen LogP contribution in [-0.2, 0) is 16.1 Å². The number of hydrogen-bond donors (Lipinski definition) is 1. The molecule has 0 unspecified atom stereocenters. The van der Waals surface area contributed by atoms with Crippen LogP contribution in [0.25, 0.3) is 11.3 Å². The first-order valence-corrected chi connectivity index (χ1v) is 9.98. The van der Waals surface area contributed by atoms with Gasteiger partial charge in [-0.25, -0.2) is 9.37 Å². The summed E-state index contributed by atoms with van der Waals surface area (Å²) >= 11 is 3.19. The Bertz CT molecular complexity index is 841. The Morgan fingerprint density at radius 1 is 1.29 bits per heavy atom. The molecule has 0 aliphatic heterocycles. The van der Waals surface area contributed by atoms with Crippen LogP contribution in [0.3, 0.4) is 0 Å². The van der Waals surface area contributed by atoms with Crippen LogP contribution in [0.15, 0.2) is 28.9 Å². The quantitative estimate of drug-likeness (QED) is 0.671. The van der Waals surface area contributed by atoms with E-state index in [0.29, 0.717) is 39.9 Å². The molecule has 0 spiro atoms. The number of esters is 1. The monoisotopic (exact) mass is 451 g/mol. The maximum Gasteiger partial charge on any atom is 0.308 e. The molecule has 1 aromatic heterocycles. The molecule has 1 aliphatic rings.